The van der Waals surface area contributed by atoms with E-state index in [1.54, 1.807) is 25.1 Å². The highest BCUT2D eigenvalue weighted by atomic mass is 79.9. The van der Waals surface area contributed by atoms with Gasteiger partial charge in [-0.05, 0) is 41.1 Å². The highest BCUT2D eigenvalue weighted by Crippen LogP contribution is 2.23. The Morgan fingerprint density at radius 3 is 2.74 bits per heavy atom. The summed E-state index contributed by atoms with van der Waals surface area (Å²) in [4.78, 5) is 26.5. The normalized spacial score (nSPS) is 10.2. The lowest BCUT2D eigenvalue weighted by Gasteiger charge is -2.06. The fraction of sp³-hybridized carbons (Fsp3) is 0.0769. The van der Waals surface area contributed by atoms with Gasteiger partial charge in [0, 0.05) is 33.8 Å². The second kappa shape index (κ2) is 5.27. The Morgan fingerprint density at radius 2 is 2.11 bits per heavy atom. The number of carbonyl (C=O) groups is 1. The Balaban J connectivity index is 2.25. The van der Waals surface area contributed by atoms with Crippen molar-refractivity contribution in [3.8, 4) is 0 Å². The van der Waals surface area contributed by atoms with Crippen LogP contribution in [0.2, 0.25) is 0 Å². The lowest BCUT2D eigenvalue weighted by atomic mass is 10.2. The van der Waals surface area contributed by atoms with Crippen LogP contribution in [-0.4, -0.2) is 10.9 Å². The molecule has 2 rings (SSSR count). The van der Waals surface area contributed by atoms with E-state index in [4.69, 9.17) is 5.73 Å². The van der Waals surface area contributed by atoms with Gasteiger partial charge in [0.05, 0.1) is 0 Å². The van der Waals surface area contributed by atoms with Crippen molar-refractivity contribution in [3.05, 3.63) is 56.4 Å². The molecular weight excluding hydrogens is 310 g/mol. The van der Waals surface area contributed by atoms with Crippen molar-refractivity contribution < 1.29 is 4.79 Å². The maximum Gasteiger partial charge on any atom is 0.261 e. The molecule has 4 N–H and O–H groups in total. The smallest absolute Gasteiger partial charge is 0.261 e. The number of rotatable bonds is 2. The number of aromatic amines is 1. The van der Waals surface area contributed by atoms with Gasteiger partial charge in [0.1, 0.15) is 5.56 Å². The number of carbonyl (C=O) groups excluding carboxylic acids is 1. The molecule has 0 unspecified atom stereocenters. The second-order valence-electron chi connectivity index (χ2n) is 4.08. The van der Waals surface area contributed by atoms with Crippen LogP contribution in [0.5, 0.6) is 0 Å². The standard InChI is InChI=1S/C13H12BrN3O2/c1-7-4-12(18)9(6-16-7)13(19)17-8-2-3-11(15)10(14)5-8/h2-6H,15H2,1H3,(H,16,18)(H,17,19). The first-order valence-electron chi connectivity index (χ1n) is 5.53. The molecule has 19 heavy (non-hydrogen) atoms. The number of benzene rings is 1. The molecule has 0 saturated heterocycles. The van der Waals surface area contributed by atoms with Crippen molar-refractivity contribution in [3.63, 3.8) is 0 Å². The van der Waals surface area contributed by atoms with Crippen LogP contribution < -0.4 is 16.5 Å². The topological polar surface area (TPSA) is 88.0 Å². The van der Waals surface area contributed by atoms with Crippen molar-refractivity contribution in [2.45, 2.75) is 6.92 Å². The van der Waals surface area contributed by atoms with Crippen molar-refractivity contribution >= 4 is 33.2 Å². The molecule has 5 nitrogen and oxygen atoms in total. The molecule has 0 saturated carbocycles. The van der Waals surface area contributed by atoms with Gasteiger partial charge in [-0.3, -0.25) is 9.59 Å². The molecule has 6 heteroatoms. The molecule has 0 aliphatic heterocycles. The Hall–Kier alpha value is -2.08. The summed E-state index contributed by atoms with van der Waals surface area (Å²) in [6, 6.07) is 6.39. The first-order chi connectivity index (χ1) is 8.97. The molecule has 0 aliphatic carbocycles. The molecule has 0 fully saturated rings. The molecule has 2 aromatic rings. The monoisotopic (exact) mass is 321 g/mol. The molecule has 1 heterocycles. The van der Waals surface area contributed by atoms with Crippen LogP contribution in [-0.2, 0) is 0 Å². The van der Waals surface area contributed by atoms with Crippen molar-refractivity contribution in [1.29, 1.82) is 0 Å². The molecule has 0 aliphatic rings. The molecular formula is C13H12BrN3O2. The van der Waals surface area contributed by atoms with E-state index in [2.05, 4.69) is 26.2 Å². The number of nitrogen functional groups attached to an aromatic ring is 1. The zero-order valence-electron chi connectivity index (χ0n) is 10.2. The van der Waals surface area contributed by atoms with Gasteiger partial charge in [-0.2, -0.15) is 0 Å². The zero-order valence-corrected chi connectivity index (χ0v) is 11.7. The maximum atomic E-state index is 12.0. The van der Waals surface area contributed by atoms with Gasteiger partial charge in [-0.15, -0.1) is 0 Å². The molecule has 0 atom stereocenters. The summed E-state index contributed by atoms with van der Waals surface area (Å²) in [6.07, 6.45) is 1.40. The number of amides is 1. The van der Waals surface area contributed by atoms with Crippen LogP contribution >= 0.6 is 15.9 Å². The first-order valence-corrected chi connectivity index (χ1v) is 6.32. The van der Waals surface area contributed by atoms with E-state index in [9.17, 15) is 9.59 Å². The van der Waals surface area contributed by atoms with Crippen molar-refractivity contribution in [2.24, 2.45) is 0 Å². The minimum atomic E-state index is -0.460. The SMILES string of the molecule is Cc1cc(=O)c(C(=O)Nc2ccc(N)c(Br)c2)c[nH]1. The lowest BCUT2D eigenvalue weighted by molar-refractivity contribution is 0.102. The van der Waals surface area contributed by atoms with Gasteiger partial charge >= 0.3 is 0 Å². The number of aryl methyl sites for hydroxylation is 1. The molecule has 0 radical (unpaired) electrons. The van der Waals surface area contributed by atoms with Crippen molar-refractivity contribution in [1.82, 2.24) is 4.98 Å². The number of hydrogen-bond acceptors (Lipinski definition) is 3. The van der Waals surface area contributed by atoms with E-state index in [1.807, 2.05) is 0 Å². The molecule has 1 aromatic carbocycles. The highest BCUT2D eigenvalue weighted by molar-refractivity contribution is 9.10. The number of hydrogen-bond donors (Lipinski definition) is 3. The quantitative estimate of drug-likeness (QED) is 0.741. The number of anilines is 2. The van der Waals surface area contributed by atoms with Crippen LogP contribution in [0, 0.1) is 6.92 Å². The van der Waals surface area contributed by atoms with E-state index in [0.717, 1.165) is 0 Å². The van der Waals surface area contributed by atoms with E-state index in [0.29, 0.717) is 21.5 Å². The fourth-order valence-electron chi connectivity index (χ4n) is 1.55. The molecule has 0 spiro atoms. The first kappa shape index (κ1) is 13.4. The Kier molecular flexibility index (Phi) is 3.71. The number of aromatic nitrogens is 1. The Morgan fingerprint density at radius 1 is 1.37 bits per heavy atom. The average molecular weight is 322 g/mol. The second-order valence-corrected chi connectivity index (χ2v) is 4.94. The summed E-state index contributed by atoms with van der Waals surface area (Å²) in [5, 5.41) is 2.64. The number of pyridine rings is 1. The summed E-state index contributed by atoms with van der Waals surface area (Å²) >= 11 is 3.27. The largest absolute Gasteiger partial charge is 0.398 e. The van der Waals surface area contributed by atoms with Crippen LogP contribution in [0.15, 0.2) is 39.7 Å². The Labute approximate surface area is 118 Å². The predicted octanol–water partition coefficient (Wildman–Crippen LogP) is 2.28. The van der Waals surface area contributed by atoms with Gasteiger partial charge in [0.15, 0.2) is 5.43 Å². The van der Waals surface area contributed by atoms with Gasteiger partial charge in [-0.1, -0.05) is 0 Å². The fourth-order valence-corrected chi connectivity index (χ4v) is 1.93. The average Bonchev–Trinajstić information content (AvgIpc) is 2.33. The lowest BCUT2D eigenvalue weighted by Crippen LogP contribution is -2.21. The number of nitrogens with one attached hydrogen (secondary N) is 2. The van der Waals surface area contributed by atoms with E-state index < -0.39 is 5.91 Å². The van der Waals surface area contributed by atoms with Crippen LogP contribution in [0.1, 0.15) is 16.1 Å². The van der Waals surface area contributed by atoms with Crippen LogP contribution in [0.25, 0.3) is 0 Å². The summed E-state index contributed by atoms with van der Waals surface area (Å²) in [5.74, 6) is -0.460. The maximum absolute atomic E-state index is 12.0. The van der Waals surface area contributed by atoms with E-state index >= 15 is 0 Å². The molecule has 1 amide bonds. The number of nitrogens with two attached hydrogens (primary N) is 1. The van der Waals surface area contributed by atoms with Crippen molar-refractivity contribution in [2.75, 3.05) is 11.1 Å². The Bertz CT molecular complexity index is 695. The van der Waals surface area contributed by atoms with Gasteiger partial charge in [-0.25, -0.2) is 0 Å². The van der Waals surface area contributed by atoms with Crippen LogP contribution in [0.3, 0.4) is 0 Å². The van der Waals surface area contributed by atoms with Gasteiger partial charge in [0.25, 0.3) is 5.91 Å². The number of halogens is 1. The predicted molar refractivity (Wildman–Crippen MR) is 78.3 cm³/mol. The highest BCUT2D eigenvalue weighted by Gasteiger charge is 2.11. The third-order valence-corrected chi connectivity index (χ3v) is 3.25. The third kappa shape index (κ3) is 3.03. The third-order valence-electron chi connectivity index (χ3n) is 2.56. The number of H-pyrrole nitrogens is 1. The van der Waals surface area contributed by atoms with E-state index in [-0.39, 0.29) is 11.0 Å². The minimum absolute atomic E-state index is 0.0681. The summed E-state index contributed by atoms with van der Waals surface area (Å²) < 4.78 is 0.683. The minimum Gasteiger partial charge on any atom is -0.398 e. The molecule has 1 aromatic heterocycles. The van der Waals surface area contributed by atoms with Gasteiger partial charge in [0.2, 0.25) is 0 Å². The zero-order chi connectivity index (χ0) is 14.0. The van der Waals surface area contributed by atoms with Gasteiger partial charge < -0.3 is 16.0 Å². The summed E-state index contributed by atoms with van der Waals surface area (Å²) in [5.41, 5.74) is 7.25. The molecule has 0 bridgehead atoms. The van der Waals surface area contributed by atoms with Crippen LogP contribution in [0.4, 0.5) is 11.4 Å². The summed E-state index contributed by atoms with van der Waals surface area (Å²) in [6.45, 7) is 1.75. The molecule has 98 valence electrons. The van der Waals surface area contributed by atoms with E-state index in [1.165, 1.54) is 12.3 Å². The summed E-state index contributed by atoms with van der Waals surface area (Å²) in [7, 11) is 0.